The lowest BCUT2D eigenvalue weighted by Crippen LogP contribution is -2.64. The monoisotopic (exact) mass is 399 g/mol. The molecule has 1 fully saturated rings. The van der Waals surface area contributed by atoms with E-state index in [9.17, 15) is 5.11 Å². The van der Waals surface area contributed by atoms with Gasteiger partial charge >= 0.3 is 0 Å². The highest BCUT2D eigenvalue weighted by Gasteiger charge is 2.64. The fraction of sp³-hybridized carbons (Fsp3) is 0.652. The van der Waals surface area contributed by atoms with Crippen LogP contribution in [-0.4, -0.2) is 50.2 Å². The molecule has 0 unspecified atom stereocenters. The first kappa shape index (κ1) is 18.7. The first-order valence-electron chi connectivity index (χ1n) is 10.6. The molecule has 2 heterocycles. The molecule has 5 heteroatoms. The van der Waals surface area contributed by atoms with E-state index in [1.165, 1.54) is 11.1 Å². The van der Waals surface area contributed by atoms with Crippen LogP contribution in [0.4, 0.5) is 0 Å². The van der Waals surface area contributed by atoms with Crippen molar-refractivity contribution in [1.29, 1.82) is 0 Å². The average Bonchev–Trinajstić information content (AvgIpc) is 2.96. The summed E-state index contributed by atoms with van der Waals surface area (Å²) in [7, 11) is 0.256. The number of benzene rings is 1. The van der Waals surface area contributed by atoms with Crippen molar-refractivity contribution >= 4 is 8.32 Å². The standard InChI is InChI=1S/C23H33NO3Si/c1-22(2,3)28(5,6)27-18-10-7-14-13-16-15-8-9-17(25)21-23(15,11-12-24(16)4)19(14)20(18)26-21/h7-10,15-17,21,25H,11-13H2,1-6H3/t15-,16-,17-,21-,23-/m0/s1. The predicted molar refractivity (Wildman–Crippen MR) is 114 cm³/mol. The highest BCUT2D eigenvalue weighted by atomic mass is 28.4. The maximum Gasteiger partial charge on any atom is 0.250 e. The number of likely N-dealkylation sites (N-methyl/N-ethyl adjacent to an activating group) is 1. The second-order valence-electron chi connectivity index (χ2n) is 10.8. The molecule has 5 atom stereocenters. The smallest absolute Gasteiger partial charge is 0.250 e. The zero-order valence-corrected chi connectivity index (χ0v) is 19.0. The summed E-state index contributed by atoms with van der Waals surface area (Å²) < 4.78 is 13.3. The van der Waals surface area contributed by atoms with Gasteiger partial charge in [-0.2, -0.15) is 0 Å². The molecule has 0 aromatic heterocycles. The van der Waals surface area contributed by atoms with E-state index in [2.05, 4.69) is 64.0 Å². The Balaban J connectivity index is 1.67. The van der Waals surface area contributed by atoms with Crippen molar-refractivity contribution in [2.75, 3.05) is 13.6 Å². The summed E-state index contributed by atoms with van der Waals surface area (Å²) in [4.78, 5) is 2.50. The van der Waals surface area contributed by atoms with Gasteiger partial charge in [-0.05, 0) is 56.2 Å². The van der Waals surface area contributed by atoms with E-state index in [-0.39, 0.29) is 16.6 Å². The van der Waals surface area contributed by atoms with Gasteiger partial charge in [-0.15, -0.1) is 0 Å². The van der Waals surface area contributed by atoms with Crippen LogP contribution in [-0.2, 0) is 11.8 Å². The normalized spacial score (nSPS) is 36.1. The highest BCUT2D eigenvalue weighted by Crippen LogP contribution is 2.62. The van der Waals surface area contributed by atoms with E-state index < -0.39 is 14.4 Å². The van der Waals surface area contributed by atoms with Crippen LogP contribution in [0.1, 0.15) is 38.3 Å². The summed E-state index contributed by atoms with van der Waals surface area (Å²) in [6.07, 6.45) is 5.55. The molecule has 1 N–H and O–H groups in total. The molecule has 1 aromatic carbocycles. The van der Waals surface area contributed by atoms with Crippen molar-refractivity contribution in [2.24, 2.45) is 5.92 Å². The van der Waals surface area contributed by atoms with E-state index in [0.29, 0.717) is 12.0 Å². The number of aliphatic hydroxyl groups is 1. The molecule has 4 nitrogen and oxygen atoms in total. The van der Waals surface area contributed by atoms with Crippen molar-refractivity contribution < 1.29 is 14.3 Å². The summed E-state index contributed by atoms with van der Waals surface area (Å²) in [6, 6.07) is 4.87. The maximum atomic E-state index is 10.9. The van der Waals surface area contributed by atoms with Gasteiger partial charge in [-0.3, -0.25) is 0 Å². The third kappa shape index (κ3) is 2.24. The van der Waals surface area contributed by atoms with Crippen molar-refractivity contribution in [3.63, 3.8) is 0 Å². The highest BCUT2D eigenvalue weighted by molar-refractivity contribution is 6.74. The van der Waals surface area contributed by atoms with E-state index >= 15 is 0 Å². The molecule has 2 bridgehead atoms. The first-order chi connectivity index (χ1) is 13.1. The molecule has 5 rings (SSSR count). The van der Waals surface area contributed by atoms with E-state index in [1.807, 2.05) is 6.08 Å². The summed E-state index contributed by atoms with van der Waals surface area (Å²) in [5.74, 6) is 2.21. The van der Waals surface area contributed by atoms with Gasteiger partial charge in [0.15, 0.2) is 5.75 Å². The number of hydrogen-bond acceptors (Lipinski definition) is 4. The van der Waals surface area contributed by atoms with Gasteiger partial charge in [0.05, 0.1) is 0 Å². The molecule has 0 saturated carbocycles. The largest absolute Gasteiger partial charge is 0.541 e. The van der Waals surface area contributed by atoms with Crippen LogP contribution in [0.5, 0.6) is 11.5 Å². The van der Waals surface area contributed by atoms with Crippen LogP contribution in [0.2, 0.25) is 18.1 Å². The number of piperidine rings is 1. The van der Waals surface area contributed by atoms with Gasteiger partial charge in [0.1, 0.15) is 18.0 Å². The first-order valence-corrected chi connectivity index (χ1v) is 13.6. The number of ether oxygens (including phenoxy) is 1. The zero-order chi connectivity index (χ0) is 20.1. The second kappa shape index (κ2) is 5.64. The van der Waals surface area contributed by atoms with Gasteiger partial charge in [-0.25, -0.2) is 0 Å². The van der Waals surface area contributed by atoms with Crippen molar-refractivity contribution in [3.8, 4) is 11.5 Å². The van der Waals surface area contributed by atoms with E-state index in [4.69, 9.17) is 9.16 Å². The topological polar surface area (TPSA) is 41.9 Å². The minimum absolute atomic E-state index is 0.110. The van der Waals surface area contributed by atoms with Gasteiger partial charge in [0.25, 0.3) is 8.32 Å². The number of likely N-dealkylation sites (tertiary alicyclic amines) is 1. The predicted octanol–water partition coefficient (Wildman–Crippen LogP) is 3.88. The number of hydrogen-bond donors (Lipinski definition) is 1. The molecule has 152 valence electrons. The van der Waals surface area contributed by atoms with Gasteiger partial charge in [0, 0.05) is 22.9 Å². The molecule has 1 aromatic rings. The Hall–Kier alpha value is -1.30. The minimum Gasteiger partial charge on any atom is -0.541 e. The molecule has 1 spiro atoms. The van der Waals surface area contributed by atoms with Gasteiger partial charge < -0.3 is 19.2 Å². The fourth-order valence-corrected chi connectivity index (χ4v) is 6.75. The summed E-state index contributed by atoms with van der Waals surface area (Å²) >= 11 is 0. The van der Waals surface area contributed by atoms with Crippen LogP contribution >= 0.6 is 0 Å². The lowest BCUT2D eigenvalue weighted by atomic mass is 9.53. The van der Waals surface area contributed by atoms with Crippen molar-refractivity contribution in [3.05, 3.63) is 35.4 Å². The Morgan fingerprint density at radius 1 is 1.25 bits per heavy atom. The second-order valence-corrected chi connectivity index (χ2v) is 15.5. The summed E-state index contributed by atoms with van der Waals surface area (Å²) in [5.41, 5.74) is 2.61. The molecular formula is C23H33NO3Si. The lowest BCUT2D eigenvalue weighted by molar-refractivity contribution is -0.0452. The Kier molecular flexibility index (Phi) is 3.77. The van der Waals surface area contributed by atoms with Crippen LogP contribution in [0.25, 0.3) is 0 Å². The van der Waals surface area contributed by atoms with Crippen LogP contribution in [0, 0.1) is 5.92 Å². The van der Waals surface area contributed by atoms with Crippen LogP contribution in [0.3, 0.4) is 0 Å². The summed E-state index contributed by atoms with van der Waals surface area (Å²) in [5, 5.41) is 11.0. The molecule has 28 heavy (non-hydrogen) atoms. The molecule has 4 aliphatic rings. The van der Waals surface area contributed by atoms with E-state index in [0.717, 1.165) is 30.9 Å². The Morgan fingerprint density at radius 3 is 2.71 bits per heavy atom. The molecular weight excluding hydrogens is 366 g/mol. The molecule has 0 amide bonds. The molecule has 1 saturated heterocycles. The third-order valence-electron chi connectivity index (χ3n) is 8.31. The Labute approximate surface area is 169 Å². The minimum atomic E-state index is -1.98. The summed E-state index contributed by atoms with van der Waals surface area (Å²) in [6.45, 7) is 12.4. The average molecular weight is 400 g/mol. The lowest BCUT2D eigenvalue weighted by Gasteiger charge is -2.56. The van der Waals surface area contributed by atoms with Crippen molar-refractivity contribution in [1.82, 2.24) is 4.90 Å². The maximum absolute atomic E-state index is 10.9. The zero-order valence-electron chi connectivity index (χ0n) is 18.0. The third-order valence-corrected chi connectivity index (χ3v) is 12.6. The fourth-order valence-electron chi connectivity index (χ4n) is 5.74. The Bertz CT molecular complexity index is 858. The SMILES string of the molecule is CN1CC[C@]23c4c5ccc(O[Si](C)(C)C(C)(C)C)c4O[C@H]2[C@@H](O)C=C[C@H]3[C@@H]1C5. The number of aliphatic hydroxyl groups excluding tert-OH is 1. The molecule has 0 radical (unpaired) electrons. The molecule has 2 aliphatic heterocycles. The van der Waals surface area contributed by atoms with Gasteiger partial charge in [-0.1, -0.05) is 39.0 Å². The molecule has 2 aliphatic carbocycles. The van der Waals surface area contributed by atoms with Crippen molar-refractivity contribution in [2.45, 2.75) is 75.4 Å². The van der Waals surface area contributed by atoms with Gasteiger partial charge in [0.2, 0.25) is 0 Å². The quantitative estimate of drug-likeness (QED) is 0.605. The number of nitrogens with zero attached hydrogens (tertiary/aromatic N) is 1. The Morgan fingerprint density at radius 2 is 2.00 bits per heavy atom. The van der Waals surface area contributed by atoms with E-state index in [1.54, 1.807) is 0 Å². The number of rotatable bonds is 2. The van der Waals surface area contributed by atoms with Crippen LogP contribution in [0.15, 0.2) is 24.3 Å². The van der Waals surface area contributed by atoms with Crippen LogP contribution < -0.4 is 9.16 Å².